The van der Waals surface area contributed by atoms with Crippen molar-refractivity contribution in [2.75, 3.05) is 18.8 Å². The molecule has 0 aromatic heterocycles. The molecular formula is C7H16N2O2S2. The van der Waals surface area contributed by atoms with Crippen molar-refractivity contribution in [1.29, 1.82) is 0 Å². The van der Waals surface area contributed by atoms with Gasteiger partial charge in [-0.3, -0.25) is 0 Å². The molecule has 6 heteroatoms. The molecule has 0 heterocycles. The third kappa shape index (κ3) is 4.54. The van der Waals surface area contributed by atoms with Gasteiger partial charge in [-0.25, -0.2) is 8.42 Å². The molecule has 0 aliphatic heterocycles. The molecule has 0 amide bonds. The molecule has 13 heavy (non-hydrogen) atoms. The van der Waals surface area contributed by atoms with Gasteiger partial charge in [0.1, 0.15) is 0 Å². The highest BCUT2D eigenvalue weighted by molar-refractivity contribution is 7.89. The van der Waals surface area contributed by atoms with Crippen molar-refractivity contribution in [3.8, 4) is 0 Å². The van der Waals surface area contributed by atoms with Crippen LogP contribution in [0.5, 0.6) is 0 Å². The summed E-state index contributed by atoms with van der Waals surface area (Å²) in [7, 11) is -3.15. The summed E-state index contributed by atoms with van der Waals surface area (Å²) in [4.78, 5) is 0.210. The van der Waals surface area contributed by atoms with Gasteiger partial charge in [-0.1, -0.05) is 26.1 Å². The Balaban J connectivity index is 4.47. The summed E-state index contributed by atoms with van der Waals surface area (Å²) in [5.41, 5.74) is 5.29. The molecule has 4 nitrogen and oxygen atoms in total. The second-order valence-electron chi connectivity index (χ2n) is 2.71. The maximum Gasteiger partial charge on any atom is 0.214 e. The highest BCUT2D eigenvalue weighted by atomic mass is 32.2. The smallest absolute Gasteiger partial charge is 0.214 e. The SMILES string of the molecule is CCCS(=O)(=O)N(CC)CC(N)=S. The van der Waals surface area contributed by atoms with Crippen LogP contribution in [0.1, 0.15) is 20.3 Å². The minimum Gasteiger partial charge on any atom is -0.392 e. The van der Waals surface area contributed by atoms with E-state index in [4.69, 9.17) is 5.73 Å². The van der Waals surface area contributed by atoms with Gasteiger partial charge in [0.2, 0.25) is 10.0 Å². The van der Waals surface area contributed by atoms with Crippen molar-refractivity contribution in [3.63, 3.8) is 0 Å². The lowest BCUT2D eigenvalue weighted by atomic mass is 10.6. The summed E-state index contributed by atoms with van der Waals surface area (Å²) < 4.78 is 24.3. The number of rotatable bonds is 6. The Labute approximate surface area is 85.1 Å². The minimum atomic E-state index is -3.15. The highest BCUT2D eigenvalue weighted by Crippen LogP contribution is 2.02. The van der Waals surface area contributed by atoms with Gasteiger partial charge >= 0.3 is 0 Å². The van der Waals surface area contributed by atoms with E-state index in [1.54, 1.807) is 6.92 Å². The molecule has 78 valence electrons. The molecule has 0 rings (SSSR count). The van der Waals surface area contributed by atoms with Gasteiger partial charge in [0.05, 0.1) is 17.3 Å². The van der Waals surface area contributed by atoms with Crippen LogP contribution in [-0.4, -0.2) is 36.6 Å². The van der Waals surface area contributed by atoms with Crippen molar-refractivity contribution in [2.45, 2.75) is 20.3 Å². The molecule has 0 unspecified atom stereocenters. The number of thiocarbonyl (C=S) groups is 1. The van der Waals surface area contributed by atoms with E-state index < -0.39 is 10.0 Å². The van der Waals surface area contributed by atoms with Crippen LogP contribution in [0.25, 0.3) is 0 Å². The normalized spacial score (nSPS) is 11.9. The molecule has 0 fully saturated rings. The van der Waals surface area contributed by atoms with Crippen LogP contribution in [0.4, 0.5) is 0 Å². The topological polar surface area (TPSA) is 63.4 Å². The van der Waals surface area contributed by atoms with Crippen LogP contribution >= 0.6 is 12.2 Å². The van der Waals surface area contributed by atoms with Crippen LogP contribution in [0.3, 0.4) is 0 Å². The van der Waals surface area contributed by atoms with Gasteiger partial charge in [-0.05, 0) is 6.42 Å². The molecule has 0 radical (unpaired) electrons. The molecular weight excluding hydrogens is 208 g/mol. The Bertz CT molecular complexity index is 262. The Morgan fingerprint density at radius 1 is 1.46 bits per heavy atom. The fourth-order valence-electron chi connectivity index (χ4n) is 0.968. The molecule has 0 saturated heterocycles. The summed E-state index contributed by atoms with van der Waals surface area (Å²) in [6.45, 7) is 4.16. The first-order chi connectivity index (χ1) is 5.94. The first kappa shape index (κ1) is 12.8. The predicted octanol–water partition coefficient (Wildman–Crippen LogP) is 0.334. The lowest BCUT2D eigenvalue weighted by molar-refractivity contribution is 0.467. The van der Waals surface area contributed by atoms with E-state index in [9.17, 15) is 8.42 Å². The number of nitrogens with two attached hydrogens (primary N) is 1. The first-order valence-electron chi connectivity index (χ1n) is 4.20. The second-order valence-corrected chi connectivity index (χ2v) is 5.32. The fraction of sp³-hybridized carbons (Fsp3) is 0.857. The van der Waals surface area contributed by atoms with Gasteiger partial charge in [0, 0.05) is 6.54 Å². The average Bonchev–Trinajstić information content (AvgIpc) is 1.99. The average molecular weight is 224 g/mol. The monoisotopic (exact) mass is 224 g/mol. The third-order valence-electron chi connectivity index (χ3n) is 1.54. The van der Waals surface area contributed by atoms with Crippen molar-refractivity contribution in [3.05, 3.63) is 0 Å². The zero-order valence-corrected chi connectivity index (χ0v) is 9.62. The quantitative estimate of drug-likeness (QED) is 0.661. The summed E-state index contributed by atoms with van der Waals surface area (Å²) in [5.74, 6) is 0.156. The van der Waals surface area contributed by atoms with Gasteiger partial charge in [-0.15, -0.1) is 0 Å². The summed E-state index contributed by atoms with van der Waals surface area (Å²) in [6, 6.07) is 0. The van der Waals surface area contributed by atoms with E-state index >= 15 is 0 Å². The van der Waals surface area contributed by atoms with Gasteiger partial charge in [0.25, 0.3) is 0 Å². The maximum atomic E-state index is 11.5. The number of hydrogen-bond donors (Lipinski definition) is 1. The van der Waals surface area contributed by atoms with Crippen molar-refractivity contribution in [2.24, 2.45) is 5.73 Å². The minimum absolute atomic E-state index is 0.147. The van der Waals surface area contributed by atoms with Crippen molar-refractivity contribution < 1.29 is 8.42 Å². The van der Waals surface area contributed by atoms with Gasteiger partial charge < -0.3 is 5.73 Å². The van der Waals surface area contributed by atoms with E-state index in [0.29, 0.717) is 13.0 Å². The van der Waals surface area contributed by atoms with Crippen molar-refractivity contribution in [1.82, 2.24) is 4.31 Å². The van der Waals surface area contributed by atoms with Crippen molar-refractivity contribution >= 4 is 27.2 Å². The summed E-state index contributed by atoms with van der Waals surface area (Å²) in [5, 5.41) is 0. The van der Waals surface area contributed by atoms with E-state index in [1.807, 2.05) is 6.92 Å². The fourth-order valence-corrected chi connectivity index (χ4v) is 2.71. The first-order valence-corrected chi connectivity index (χ1v) is 6.22. The Kier molecular flexibility index (Phi) is 5.43. The van der Waals surface area contributed by atoms with Crippen LogP contribution in [0, 0.1) is 0 Å². The number of sulfonamides is 1. The lowest BCUT2D eigenvalue weighted by Crippen LogP contribution is -2.38. The Morgan fingerprint density at radius 3 is 2.31 bits per heavy atom. The van der Waals surface area contributed by atoms with E-state index in [2.05, 4.69) is 12.2 Å². The molecule has 0 atom stereocenters. The number of nitrogens with zero attached hydrogens (tertiary/aromatic N) is 1. The van der Waals surface area contributed by atoms with Gasteiger partial charge in [-0.2, -0.15) is 4.31 Å². The van der Waals surface area contributed by atoms with Crippen LogP contribution in [-0.2, 0) is 10.0 Å². The maximum absolute atomic E-state index is 11.5. The summed E-state index contributed by atoms with van der Waals surface area (Å²) in [6.07, 6.45) is 0.607. The van der Waals surface area contributed by atoms with Gasteiger partial charge in [0.15, 0.2) is 0 Å². The summed E-state index contributed by atoms with van der Waals surface area (Å²) >= 11 is 4.66. The standard InChI is InChI=1S/C7H16N2O2S2/c1-3-5-13(10,11)9(4-2)6-7(8)12/h3-6H2,1-2H3,(H2,8,12). The zero-order valence-electron chi connectivity index (χ0n) is 7.99. The number of hydrogen-bond acceptors (Lipinski definition) is 3. The lowest BCUT2D eigenvalue weighted by Gasteiger charge is -2.18. The Hall–Kier alpha value is -0.200. The van der Waals surface area contributed by atoms with E-state index in [0.717, 1.165) is 0 Å². The zero-order chi connectivity index (χ0) is 10.5. The second kappa shape index (κ2) is 5.51. The molecule has 0 spiro atoms. The molecule has 0 aromatic carbocycles. The van der Waals surface area contributed by atoms with Crippen LogP contribution in [0.15, 0.2) is 0 Å². The van der Waals surface area contributed by atoms with E-state index in [1.165, 1.54) is 4.31 Å². The largest absolute Gasteiger partial charge is 0.392 e. The molecule has 0 aliphatic carbocycles. The molecule has 0 bridgehead atoms. The van der Waals surface area contributed by atoms with Crippen LogP contribution < -0.4 is 5.73 Å². The molecule has 0 aromatic rings. The molecule has 0 saturated carbocycles. The van der Waals surface area contributed by atoms with E-state index in [-0.39, 0.29) is 17.3 Å². The Morgan fingerprint density at radius 2 is 2.00 bits per heavy atom. The number of likely N-dealkylation sites (N-methyl/N-ethyl adjacent to an activating group) is 1. The predicted molar refractivity (Wildman–Crippen MR) is 58.1 cm³/mol. The molecule has 2 N–H and O–H groups in total. The molecule has 0 aliphatic rings. The van der Waals surface area contributed by atoms with Crippen LogP contribution in [0.2, 0.25) is 0 Å². The third-order valence-corrected chi connectivity index (χ3v) is 3.77. The highest BCUT2D eigenvalue weighted by Gasteiger charge is 2.19.